The molecule has 136 valence electrons. The number of thioether (sulfide) groups is 3. The highest BCUT2D eigenvalue weighted by molar-refractivity contribution is 8.16. The van der Waals surface area contributed by atoms with E-state index >= 15 is 0 Å². The monoisotopic (exact) mass is 420 g/mol. The van der Waals surface area contributed by atoms with Crippen molar-refractivity contribution in [2.75, 3.05) is 59.5 Å². The highest BCUT2D eigenvalue weighted by atomic mass is 32.2. The Morgan fingerprint density at radius 2 is 2.04 bits per heavy atom. The first kappa shape index (κ1) is 23.4. The highest BCUT2D eigenvalue weighted by Crippen LogP contribution is 2.10. The molecular weight excluding hydrogens is 396 g/mol. The van der Waals surface area contributed by atoms with Crippen LogP contribution in [0.15, 0.2) is 4.99 Å². The molecule has 0 aromatic rings. The van der Waals surface area contributed by atoms with Crippen molar-refractivity contribution in [1.82, 2.24) is 5.32 Å². The number of hydrogen-bond donors (Lipinski definition) is 3. The fourth-order valence-corrected chi connectivity index (χ4v) is 4.07. The summed E-state index contributed by atoms with van der Waals surface area (Å²) in [6, 6.07) is 0. The van der Waals surface area contributed by atoms with Gasteiger partial charge in [0.15, 0.2) is 0 Å². The van der Waals surface area contributed by atoms with Crippen LogP contribution in [-0.4, -0.2) is 80.4 Å². The van der Waals surface area contributed by atoms with Crippen LogP contribution in [-0.2, 0) is 15.5 Å². The number of carbonyl (C=O) groups is 1. The number of aliphatic imine (C=N–C) groups is 1. The maximum absolute atomic E-state index is 11.3. The first-order valence-corrected chi connectivity index (χ1v) is 12.4. The van der Waals surface area contributed by atoms with Crippen LogP contribution in [0.5, 0.6) is 0 Å². The van der Waals surface area contributed by atoms with Crippen molar-refractivity contribution >= 4 is 70.4 Å². The highest BCUT2D eigenvalue weighted by Gasteiger charge is 2.00. The van der Waals surface area contributed by atoms with Gasteiger partial charge in [-0.25, -0.2) is 4.79 Å². The van der Waals surface area contributed by atoms with Crippen molar-refractivity contribution in [2.24, 2.45) is 4.99 Å². The number of aliphatic hydroxyl groups excluding tert-OH is 1. The van der Waals surface area contributed by atoms with Gasteiger partial charge in [-0.2, -0.15) is 24.4 Å². The molecule has 0 aliphatic rings. The number of thiol groups is 1. The molecule has 0 aromatic carbocycles. The number of nitrogens with zero attached hydrogens (tertiary/aromatic N) is 1. The fraction of sp³-hybridized carbons (Fsp3) is 0.833. The Morgan fingerprint density at radius 1 is 1.26 bits per heavy atom. The van der Waals surface area contributed by atoms with Crippen LogP contribution < -0.4 is 5.32 Å². The minimum absolute atomic E-state index is 0.146. The number of alkyl carbamates (subject to hydrolysis) is 1. The molecule has 1 unspecified atom stereocenters. The Labute approximate surface area is 158 Å². The van der Waals surface area contributed by atoms with Crippen LogP contribution in [0.3, 0.4) is 0 Å². The first-order chi connectivity index (χ1) is 11.2. The van der Waals surface area contributed by atoms with E-state index in [1.165, 1.54) is 5.55 Å². The molecule has 0 bridgehead atoms. The third-order valence-corrected chi connectivity index (χ3v) is 6.69. The molecule has 23 heavy (non-hydrogen) atoms. The Balaban J connectivity index is 3.24. The fourth-order valence-electron chi connectivity index (χ4n) is 1.10. The summed E-state index contributed by atoms with van der Waals surface area (Å²) >= 11 is 8.95. The lowest BCUT2D eigenvalue weighted by Crippen LogP contribution is -2.27. The van der Waals surface area contributed by atoms with Gasteiger partial charge in [-0.05, 0) is 0 Å². The Bertz CT molecular complexity index is 347. The van der Waals surface area contributed by atoms with Gasteiger partial charge in [0, 0.05) is 41.2 Å². The van der Waals surface area contributed by atoms with Crippen molar-refractivity contribution in [3.63, 3.8) is 0 Å². The van der Waals surface area contributed by atoms with Crippen molar-refractivity contribution < 1.29 is 18.8 Å². The van der Waals surface area contributed by atoms with Gasteiger partial charge in [0.2, 0.25) is 0 Å². The quantitative estimate of drug-likeness (QED) is 0.122. The molecule has 0 fully saturated rings. The number of hydrogen-bond acceptors (Lipinski definition) is 9. The van der Waals surface area contributed by atoms with Gasteiger partial charge in [0.1, 0.15) is 6.61 Å². The molecule has 0 radical (unpaired) electrons. The molecular formula is C12H24N2O4S5. The van der Waals surface area contributed by atoms with Gasteiger partial charge in [-0.15, -0.1) is 23.5 Å². The molecule has 11 heteroatoms. The number of nitrogens with one attached hydrogen (secondary N) is 1. The predicted octanol–water partition coefficient (Wildman–Crippen LogP) is 1.53. The molecule has 2 N–H and O–H groups in total. The summed E-state index contributed by atoms with van der Waals surface area (Å²) in [4.78, 5) is 15.4. The minimum Gasteiger partial charge on any atom is -0.449 e. The van der Waals surface area contributed by atoms with E-state index in [-0.39, 0.29) is 6.61 Å². The van der Waals surface area contributed by atoms with Crippen LogP contribution in [0.1, 0.15) is 0 Å². The number of carbonyl (C=O) groups excluding carboxylic acids is 1. The average molecular weight is 421 g/mol. The van der Waals surface area contributed by atoms with E-state index in [4.69, 9.17) is 9.84 Å². The van der Waals surface area contributed by atoms with Crippen molar-refractivity contribution in [3.05, 3.63) is 0 Å². The van der Waals surface area contributed by atoms with E-state index in [0.29, 0.717) is 36.3 Å². The van der Waals surface area contributed by atoms with Gasteiger partial charge >= 0.3 is 6.09 Å². The maximum Gasteiger partial charge on any atom is 0.407 e. The second-order valence-electron chi connectivity index (χ2n) is 3.85. The molecule has 0 aliphatic heterocycles. The van der Waals surface area contributed by atoms with Gasteiger partial charge in [-0.1, -0.05) is 0 Å². The van der Waals surface area contributed by atoms with Crippen LogP contribution in [0.4, 0.5) is 4.79 Å². The molecule has 0 spiro atoms. The maximum atomic E-state index is 11.3. The Kier molecular flexibility index (Phi) is 19.2. The molecule has 1 amide bonds. The Hall–Kier alpha value is 0.450. The zero-order valence-electron chi connectivity index (χ0n) is 12.8. The van der Waals surface area contributed by atoms with Crippen LogP contribution >= 0.6 is 47.9 Å². The predicted molar refractivity (Wildman–Crippen MR) is 109 cm³/mol. The van der Waals surface area contributed by atoms with Crippen molar-refractivity contribution in [3.8, 4) is 0 Å². The third kappa shape index (κ3) is 18.6. The normalized spacial score (nSPS) is 12.4. The van der Waals surface area contributed by atoms with Crippen molar-refractivity contribution in [2.45, 2.75) is 0 Å². The van der Waals surface area contributed by atoms with Gasteiger partial charge in [-0.3, -0.25) is 9.20 Å². The van der Waals surface area contributed by atoms with Gasteiger partial charge in [0.25, 0.3) is 0 Å². The zero-order valence-corrected chi connectivity index (χ0v) is 17.0. The molecule has 0 aliphatic carbocycles. The molecule has 0 heterocycles. The average Bonchev–Trinajstić information content (AvgIpc) is 2.56. The third-order valence-electron chi connectivity index (χ3n) is 2.06. The molecule has 0 saturated carbocycles. The molecule has 0 saturated heterocycles. The van der Waals surface area contributed by atoms with E-state index in [0.717, 1.165) is 16.6 Å². The summed E-state index contributed by atoms with van der Waals surface area (Å²) in [5.74, 6) is 3.07. The smallest absolute Gasteiger partial charge is 0.407 e. The SMILES string of the molecule is O=C(NCCSCSCCN=CS(=O)CS)OCCSCCO. The summed E-state index contributed by atoms with van der Waals surface area (Å²) in [6.07, 6.45) is -0.394. The van der Waals surface area contributed by atoms with E-state index in [9.17, 15) is 9.00 Å². The van der Waals surface area contributed by atoms with Crippen LogP contribution in [0.2, 0.25) is 0 Å². The molecule has 0 aromatic heterocycles. The van der Waals surface area contributed by atoms with Gasteiger partial charge in [0.05, 0.1) is 28.0 Å². The second-order valence-corrected chi connectivity index (χ2v) is 9.66. The first-order valence-electron chi connectivity index (χ1n) is 6.93. The van der Waals surface area contributed by atoms with Gasteiger partial charge < -0.3 is 15.2 Å². The van der Waals surface area contributed by atoms with E-state index in [1.54, 1.807) is 35.3 Å². The molecule has 0 rings (SSSR count). The van der Waals surface area contributed by atoms with Crippen LogP contribution in [0, 0.1) is 0 Å². The lowest BCUT2D eigenvalue weighted by molar-refractivity contribution is 0.154. The number of aliphatic hydroxyl groups is 1. The number of amides is 1. The summed E-state index contributed by atoms with van der Waals surface area (Å²) in [5, 5.41) is 12.5. The largest absolute Gasteiger partial charge is 0.449 e. The topological polar surface area (TPSA) is 88.0 Å². The summed E-state index contributed by atoms with van der Waals surface area (Å²) < 4.78 is 16.0. The molecule has 6 nitrogen and oxygen atoms in total. The molecule has 1 atom stereocenters. The zero-order chi connectivity index (χ0) is 17.2. The Morgan fingerprint density at radius 3 is 2.78 bits per heavy atom. The van der Waals surface area contributed by atoms with Crippen molar-refractivity contribution in [1.29, 1.82) is 0 Å². The van der Waals surface area contributed by atoms with Crippen LogP contribution in [0.25, 0.3) is 0 Å². The van der Waals surface area contributed by atoms with E-state index < -0.39 is 16.9 Å². The lowest BCUT2D eigenvalue weighted by atomic mass is 10.7. The summed E-state index contributed by atoms with van der Waals surface area (Å²) in [6.45, 7) is 1.74. The number of rotatable bonds is 15. The summed E-state index contributed by atoms with van der Waals surface area (Å²) in [5.41, 5.74) is 1.44. The van der Waals surface area contributed by atoms with E-state index in [2.05, 4.69) is 22.9 Å². The summed E-state index contributed by atoms with van der Waals surface area (Å²) in [7, 11) is -1.05. The second kappa shape index (κ2) is 18.8. The van der Waals surface area contributed by atoms with E-state index in [1.807, 2.05) is 0 Å². The minimum atomic E-state index is -1.05. The lowest BCUT2D eigenvalue weighted by Gasteiger charge is -2.06. The number of ether oxygens (including phenoxy) is 1. The standard InChI is InChI=1S/C12H24N2O4S5/c15-3-7-20-8-4-18-12(16)14-2-6-22-11-21-5-1-13-9-23(17)10-19/h9,15,19H,1-8,10-11H2,(H,14,16).